The number of nitrogens with zero attached hydrogens (tertiary/aromatic N) is 2. The molecule has 2 aromatic carbocycles. The van der Waals surface area contributed by atoms with E-state index in [0.29, 0.717) is 18.8 Å². The number of amides is 1. The smallest absolute Gasteiger partial charge is 0.411 e. The summed E-state index contributed by atoms with van der Waals surface area (Å²) in [5.41, 5.74) is 1.29. The molecule has 1 amide bonds. The molecule has 3 rings (SSSR count). The van der Waals surface area contributed by atoms with Crippen molar-refractivity contribution in [2.24, 2.45) is 0 Å². The van der Waals surface area contributed by atoms with E-state index in [4.69, 9.17) is 0 Å². The van der Waals surface area contributed by atoms with Crippen LogP contribution in [0.5, 0.6) is 0 Å². The van der Waals surface area contributed by atoms with Gasteiger partial charge in [0.05, 0.1) is 16.9 Å². The number of nitro benzene ring substituents is 1. The predicted molar refractivity (Wildman–Crippen MR) is 120 cm³/mol. The summed E-state index contributed by atoms with van der Waals surface area (Å²) in [7, 11) is -2.52. The molecule has 1 saturated heterocycles. The third kappa shape index (κ3) is 5.74. The van der Waals surface area contributed by atoms with E-state index < -0.39 is 21.0 Å². The van der Waals surface area contributed by atoms with Crippen molar-refractivity contribution in [3.8, 4) is 0 Å². The normalized spacial score (nSPS) is 14.9. The highest BCUT2D eigenvalue weighted by atomic mass is 32.2. The minimum Gasteiger partial charge on any atom is -0.453 e. The summed E-state index contributed by atoms with van der Waals surface area (Å²) in [5.74, 6) is 0. The third-order valence-corrected chi connectivity index (χ3v) is 7.13. The number of hydrogen-bond donors (Lipinski definition) is 2. The standard InChI is InChI=1S/C21H26N4O6S/c1-31-21(26)23-17-8-6-16(7-9-17)15-22-19-11-10-18(14-20(19)25(27)28)32(29,30)24-12-4-2-3-5-13-24/h6-11,14,22H,2-5,12-13,15H2,1H3,(H,23,26). The van der Waals surface area contributed by atoms with Gasteiger partial charge in [-0.2, -0.15) is 4.31 Å². The molecule has 11 heteroatoms. The lowest BCUT2D eigenvalue weighted by atomic mass is 10.2. The highest BCUT2D eigenvalue weighted by molar-refractivity contribution is 7.89. The van der Waals surface area contributed by atoms with Crippen LogP contribution in [0.1, 0.15) is 31.2 Å². The average molecular weight is 463 g/mol. The SMILES string of the molecule is COC(=O)Nc1ccc(CNc2ccc(S(=O)(=O)N3CCCCCC3)cc2[N+](=O)[O-])cc1. The first-order valence-corrected chi connectivity index (χ1v) is 11.7. The molecule has 10 nitrogen and oxygen atoms in total. The lowest BCUT2D eigenvalue weighted by Gasteiger charge is -2.20. The largest absolute Gasteiger partial charge is 0.453 e. The maximum atomic E-state index is 13.0. The molecule has 0 saturated carbocycles. The summed E-state index contributed by atoms with van der Waals surface area (Å²) in [4.78, 5) is 22.2. The Bertz CT molecular complexity index is 1060. The van der Waals surface area contributed by atoms with Crippen molar-refractivity contribution in [1.29, 1.82) is 0 Å². The minimum absolute atomic E-state index is 0.0742. The van der Waals surface area contributed by atoms with Gasteiger partial charge in [-0.25, -0.2) is 13.2 Å². The topological polar surface area (TPSA) is 131 Å². The second kappa shape index (κ2) is 10.4. The van der Waals surface area contributed by atoms with Crippen LogP contribution in [0.25, 0.3) is 0 Å². The number of anilines is 2. The van der Waals surface area contributed by atoms with Crippen LogP contribution in [0.3, 0.4) is 0 Å². The Morgan fingerprint density at radius 1 is 1.09 bits per heavy atom. The van der Waals surface area contributed by atoms with Crippen molar-refractivity contribution in [2.75, 3.05) is 30.8 Å². The Morgan fingerprint density at radius 2 is 1.75 bits per heavy atom. The van der Waals surface area contributed by atoms with E-state index in [9.17, 15) is 23.3 Å². The zero-order valence-electron chi connectivity index (χ0n) is 17.7. The lowest BCUT2D eigenvalue weighted by molar-refractivity contribution is -0.384. The van der Waals surface area contributed by atoms with E-state index in [1.807, 2.05) is 0 Å². The molecule has 0 aliphatic carbocycles. The highest BCUT2D eigenvalue weighted by Crippen LogP contribution is 2.30. The first-order chi connectivity index (χ1) is 15.3. The number of ether oxygens (including phenoxy) is 1. The molecule has 1 aliphatic rings. The maximum absolute atomic E-state index is 13.0. The number of carbonyl (C=O) groups is 1. The van der Waals surface area contributed by atoms with Crippen molar-refractivity contribution < 1.29 is 22.9 Å². The van der Waals surface area contributed by atoms with Gasteiger partial charge in [-0.3, -0.25) is 15.4 Å². The fraction of sp³-hybridized carbons (Fsp3) is 0.381. The van der Waals surface area contributed by atoms with Crippen LogP contribution in [0.2, 0.25) is 0 Å². The van der Waals surface area contributed by atoms with Gasteiger partial charge in [0.2, 0.25) is 10.0 Å². The van der Waals surface area contributed by atoms with Crippen molar-refractivity contribution in [2.45, 2.75) is 37.1 Å². The molecule has 0 spiro atoms. The van der Waals surface area contributed by atoms with Gasteiger partial charge in [-0.05, 0) is 42.7 Å². The van der Waals surface area contributed by atoms with Gasteiger partial charge in [-0.15, -0.1) is 0 Å². The fourth-order valence-corrected chi connectivity index (χ4v) is 5.01. The van der Waals surface area contributed by atoms with Crippen LogP contribution in [0.4, 0.5) is 21.9 Å². The second-order valence-electron chi connectivity index (χ2n) is 7.42. The molecular weight excluding hydrogens is 436 g/mol. The molecule has 1 aliphatic heterocycles. The van der Waals surface area contributed by atoms with Crippen molar-refractivity contribution in [3.63, 3.8) is 0 Å². The Morgan fingerprint density at radius 3 is 2.34 bits per heavy atom. The number of carbonyl (C=O) groups excluding carboxylic acids is 1. The highest BCUT2D eigenvalue weighted by Gasteiger charge is 2.28. The molecule has 0 bridgehead atoms. The van der Waals surface area contributed by atoms with Crippen LogP contribution in [0.15, 0.2) is 47.4 Å². The molecule has 0 atom stereocenters. The Kier molecular flexibility index (Phi) is 7.65. The van der Waals surface area contributed by atoms with Crippen LogP contribution in [0, 0.1) is 10.1 Å². The summed E-state index contributed by atoms with van der Waals surface area (Å²) in [6, 6.07) is 10.8. The Hall–Kier alpha value is -3.18. The first kappa shape index (κ1) is 23.5. The van der Waals surface area contributed by atoms with E-state index in [-0.39, 0.29) is 22.8 Å². The summed E-state index contributed by atoms with van der Waals surface area (Å²) < 4.78 is 31.9. The first-order valence-electron chi connectivity index (χ1n) is 10.3. The maximum Gasteiger partial charge on any atom is 0.411 e. The molecular formula is C21H26N4O6S. The summed E-state index contributed by atoms with van der Waals surface area (Å²) in [6.07, 6.45) is 2.95. The number of methoxy groups -OCH3 is 1. The molecule has 0 radical (unpaired) electrons. The Balaban J connectivity index is 1.75. The number of sulfonamides is 1. The Labute approximate surface area is 186 Å². The fourth-order valence-electron chi connectivity index (χ4n) is 3.48. The molecule has 32 heavy (non-hydrogen) atoms. The summed E-state index contributed by atoms with van der Waals surface area (Å²) in [5, 5.41) is 17.1. The average Bonchev–Trinajstić information content (AvgIpc) is 3.08. The van der Waals surface area contributed by atoms with Crippen LogP contribution in [-0.4, -0.2) is 43.9 Å². The molecule has 2 aromatic rings. The minimum atomic E-state index is -3.79. The molecule has 172 valence electrons. The predicted octanol–water partition coefficient (Wildman–Crippen LogP) is 3.95. The van der Waals surface area contributed by atoms with Gasteiger partial charge in [0.25, 0.3) is 5.69 Å². The molecule has 2 N–H and O–H groups in total. The molecule has 1 fully saturated rings. The zero-order chi connectivity index (χ0) is 23.1. The van der Waals surface area contributed by atoms with Crippen molar-refractivity contribution in [3.05, 3.63) is 58.1 Å². The van der Waals surface area contributed by atoms with Crippen molar-refractivity contribution >= 4 is 33.2 Å². The van der Waals surface area contributed by atoms with Gasteiger partial charge in [0.15, 0.2) is 0 Å². The van der Waals surface area contributed by atoms with E-state index in [1.165, 1.54) is 23.5 Å². The van der Waals surface area contributed by atoms with Crippen LogP contribution >= 0.6 is 0 Å². The number of nitrogens with one attached hydrogen (secondary N) is 2. The number of rotatable bonds is 7. The third-order valence-electron chi connectivity index (χ3n) is 5.24. The summed E-state index contributed by atoms with van der Waals surface area (Å²) in [6.45, 7) is 1.13. The van der Waals surface area contributed by atoms with E-state index in [1.54, 1.807) is 24.3 Å². The van der Waals surface area contributed by atoms with Gasteiger partial charge in [0.1, 0.15) is 5.69 Å². The van der Waals surface area contributed by atoms with Crippen LogP contribution < -0.4 is 10.6 Å². The van der Waals surface area contributed by atoms with E-state index in [2.05, 4.69) is 15.4 Å². The second-order valence-corrected chi connectivity index (χ2v) is 9.36. The van der Waals surface area contributed by atoms with Crippen LogP contribution in [-0.2, 0) is 21.3 Å². The van der Waals surface area contributed by atoms with Gasteiger partial charge >= 0.3 is 6.09 Å². The van der Waals surface area contributed by atoms with Crippen molar-refractivity contribution in [1.82, 2.24) is 4.31 Å². The number of benzene rings is 2. The summed E-state index contributed by atoms with van der Waals surface area (Å²) >= 11 is 0. The van der Waals surface area contributed by atoms with E-state index >= 15 is 0 Å². The molecule has 1 heterocycles. The van der Waals surface area contributed by atoms with Gasteiger partial charge in [-0.1, -0.05) is 25.0 Å². The van der Waals surface area contributed by atoms with Gasteiger partial charge in [0, 0.05) is 31.4 Å². The number of hydrogen-bond acceptors (Lipinski definition) is 7. The monoisotopic (exact) mass is 462 g/mol. The molecule has 0 unspecified atom stereocenters. The quantitative estimate of drug-likeness (QED) is 0.470. The lowest BCUT2D eigenvalue weighted by Crippen LogP contribution is -2.32. The van der Waals surface area contributed by atoms with Gasteiger partial charge < -0.3 is 10.1 Å². The molecule has 0 aromatic heterocycles. The number of nitro groups is 1. The zero-order valence-corrected chi connectivity index (χ0v) is 18.6. The van der Waals surface area contributed by atoms with E-state index in [0.717, 1.165) is 37.3 Å².